The zero-order valence-electron chi connectivity index (χ0n) is 34.0. The zero-order chi connectivity index (χ0) is 43.3. The van der Waals surface area contributed by atoms with Gasteiger partial charge in [0.05, 0.1) is 17.4 Å². The van der Waals surface area contributed by atoms with Crippen LogP contribution in [0.4, 0.5) is 4.79 Å². The first-order valence-electron chi connectivity index (χ1n) is 20.2. The Morgan fingerprint density at radius 3 is 1.62 bits per heavy atom. The Bertz CT molecular complexity index is 2220. The van der Waals surface area contributed by atoms with Crippen molar-refractivity contribution in [1.82, 2.24) is 71.1 Å². The largest absolute Gasteiger partial charge is 0.444 e. The van der Waals surface area contributed by atoms with Crippen molar-refractivity contribution in [1.29, 1.82) is 0 Å². The van der Waals surface area contributed by atoms with Crippen molar-refractivity contribution >= 4 is 52.9 Å². The number of nitrogens with one attached hydrogen (secondary N) is 3. The summed E-state index contributed by atoms with van der Waals surface area (Å²) in [6, 6.07) is 8.79. The first-order chi connectivity index (χ1) is 29.3. The number of likely N-dealkylation sites (tertiary alicyclic amines) is 3. The summed E-state index contributed by atoms with van der Waals surface area (Å²) in [5.74, 6) is -0.595. The van der Waals surface area contributed by atoms with E-state index in [4.69, 9.17) is 27.9 Å². The number of hydrogen-bond donors (Lipinski definition) is 3. The van der Waals surface area contributed by atoms with Crippen molar-refractivity contribution in [2.75, 3.05) is 26.2 Å². The third-order valence-corrected chi connectivity index (χ3v) is 11.4. The quantitative estimate of drug-likeness (QED) is 0.208. The number of benzene rings is 2. The van der Waals surface area contributed by atoms with E-state index in [1.54, 1.807) is 67.0 Å². The van der Waals surface area contributed by atoms with Gasteiger partial charge in [-0.25, -0.2) is 14.2 Å². The van der Waals surface area contributed by atoms with Crippen molar-refractivity contribution in [2.24, 2.45) is 0 Å². The molecule has 324 valence electrons. The van der Waals surface area contributed by atoms with Crippen LogP contribution in [0.3, 0.4) is 0 Å². The van der Waals surface area contributed by atoms with Crippen LogP contribution in [0.15, 0.2) is 49.1 Å². The lowest BCUT2D eigenvalue weighted by atomic mass is 10.0. The Morgan fingerprint density at radius 1 is 0.705 bits per heavy atom. The topological polar surface area (TPSA) is 228 Å². The minimum Gasteiger partial charge on any atom is -0.444 e. The minimum atomic E-state index is -0.641. The molecule has 8 rings (SSSR count). The highest BCUT2D eigenvalue weighted by molar-refractivity contribution is 6.31. The summed E-state index contributed by atoms with van der Waals surface area (Å²) in [5.41, 5.74) is 2.32. The van der Waals surface area contributed by atoms with E-state index in [0.29, 0.717) is 54.6 Å². The van der Waals surface area contributed by atoms with Gasteiger partial charge >= 0.3 is 6.09 Å². The van der Waals surface area contributed by atoms with Gasteiger partial charge in [0.2, 0.25) is 23.6 Å². The van der Waals surface area contributed by atoms with Gasteiger partial charge in [-0.15, -0.1) is 10.2 Å². The number of rotatable bonds is 10. The standard InChI is InChI=1S/C22H28ClN7O4.C17H20ClN7O2/c1-22(2,3)34-21(33)29-10-8-18(29)20(32)28-9-4-5-17(28)19(31)24-12-14-11-15(23)6-7-16(14)30-13-25-26-27-30;18-12-3-4-14(25-10-21-22-23-25)11(8-12)9-20-16(26)15-2-1-7-24(15)17(27)13-5-6-19-13/h6-7,11,13,17-18H,4-5,8-10,12H2,1-3H3,(H,24,31);3-4,8,10,13,15,19H,1-2,5-7,9H2,(H,20,26)/t17-,18?;13?,15-/m00/s1. The number of tetrazole rings is 2. The number of nitrogens with zero attached hydrogens (tertiary/aromatic N) is 11. The van der Waals surface area contributed by atoms with E-state index in [2.05, 4.69) is 47.0 Å². The van der Waals surface area contributed by atoms with Gasteiger partial charge in [0, 0.05) is 42.8 Å². The van der Waals surface area contributed by atoms with Gasteiger partial charge in [0.25, 0.3) is 0 Å². The van der Waals surface area contributed by atoms with E-state index in [-0.39, 0.29) is 42.8 Å². The van der Waals surface area contributed by atoms with Crippen molar-refractivity contribution in [3.8, 4) is 11.4 Å². The molecule has 4 atom stereocenters. The highest BCUT2D eigenvalue weighted by Gasteiger charge is 2.45. The fourth-order valence-electron chi connectivity index (χ4n) is 7.66. The second kappa shape index (κ2) is 18.9. The minimum absolute atomic E-state index is 0.0241. The molecule has 0 bridgehead atoms. The van der Waals surface area contributed by atoms with Gasteiger partial charge in [0.15, 0.2) is 0 Å². The first-order valence-corrected chi connectivity index (χ1v) is 21.0. The molecule has 4 aromatic rings. The molecule has 0 spiro atoms. The molecule has 2 aromatic heterocycles. The predicted molar refractivity (Wildman–Crippen MR) is 219 cm³/mol. The highest BCUT2D eigenvalue weighted by Crippen LogP contribution is 2.28. The second-order valence-corrected chi connectivity index (χ2v) is 17.0. The summed E-state index contributed by atoms with van der Waals surface area (Å²) in [5, 5.41) is 32.4. The number of halogens is 2. The van der Waals surface area contributed by atoms with Crippen molar-refractivity contribution in [2.45, 2.75) is 102 Å². The monoisotopic (exact) mass is 878 g/mol. The maximum absolute atomic E-state index is 13.2. The predicted octanol–water partition coefficient (Wildman–Crippen LogP) is 2.22. The van der Waals surface area contributed by atoms with E-state index in [0.717, 1.165) is 42.6 Å². The van der Waals surface area contributed by atoms with E-state index in [1.807, 2.05) is 0 Å². The molecule has 5 amide bonds. The normalized spacial score (nSPS) is 20.8. The van der Waals surface area contributed by atoms with Gasteiger partial charge in [0.1, 0.15) is 36.4 Å². The number of amides is 5. The van der Waals surface area contributed by atoms with Crippen LogP contribution >= 0.6 is 23.2 Å². The summed E-state index contributed by atoms with van der Waals surface area (Å²) >= 11 is 12.3. The molecule has 0 radical (unpaired) electrons. The third kappa shape index (κ3) is 10.3. The molecule has 20 nitrogen and oxygen atoms in total. The lowest BCUT2D eigenvalue weighted by Gasteiger charge is -2.42. The molecule has 4 saturated heterocycles. The second-order valence-electron chi connectivity index (χ2n) is 16.1. The Labute approximate surface area is 361 Å². The molecule has 6 heterocycles. The molecule has 0 aliphatic carbocycles. The summed E-state index contributed by atoms with van der Waals surface area (Å²) in [6.07, 6.45) is 6.63. The number of aromatic nitrogens is 8. The fraction of sp³-hybridized carbons (Fsp3) is 0.513. The Morgan fingerprint density at radius 2 is 1.21 bits per heavy atom. The summed E-state index contributed by atoms with van der Waals surface area (Å²) in [6.45, 7) is 8.24. The number of ether oxygens (including phenoxy) is 1. The number of carbonyl (C=O) groups is 5. The van der Waals surface area contributed by atoms with Crippen LogP contribution in [0, 0.1) is 0 Å². The molecule has 61 heavy (non-hydrogen) atoms. The molecule has 4 fully saturated rings. The maximum atomic E-state index is 13.2. The van der Waals surface area contributed by atoms with Crippen LogP contribution in [-0.2, 0) is 37.0 Å². The number of carbonyl (C=O) groups excluding carboxylic acids is 5. The summed E-state index contributed by atoms with van der Waals surface area (Å²) < 4.78 is 8.42. The molecule has 4 aliphatic rings. The van der Waals surface area contributed by atoms with E-state index in [9.17, 15) is 24.0 Å². The molecule has 2 unspecified atom stereocenters. The summed E-state index contributed by atoms with van der Waals surface area (Å²) in [4.78, 5) is 68.7. The Hall–Kier alpha value is -5.73. The third-order valence-electron chi connectivity index (χ3n) is 10.9. The zero-order valence-corrected chi connectivity index (χ0v) is 35.6. The smallest absolute Gasteiger partial charge is 0.410 e. The molecular weight excluding hydrogens is 831 g/mol. The Kier molecular flexibility index (Phi) is 13.4. The van der Waals surface area contributed by atoms with Crippen LogP contribution in [0.1, 0.15) is 70.4 Å². The van der Waals surface area contributed by atoms with Crippen LogP contribution in [0.25, 0.3) is 11.4 Å². The molecule has 2 aromatic carbocycles. The van der Waals surface area contributed by atoms with Crippen LogP contribution in [0.5, 0.6) is 0 Å². The highest BCUT2D eigenvalue weighted by atomic mass is 35.5. The lowest BCUT2D eigenvalue weighted by molar-refractivity contribution is -0.146. The van der Waals surface area contributed by atoms with Crippen molar-refractivity contribution in [3.05, 3.63) is 70.2 Å². The average molecular weight is 880 g/mol. The van der Waals surface area contributed by atoms with Gasteiger partial charge in [-0.3, -0.25) is 24.1 Å². The van der Waals surface area contributed by atoms with E-state index < -0.39 is 29.8 Å². The van der Waals surface area contributed by atoms with Crippen molar-refractivity contribution in [3.63, 3.8) is 0 Å². The van der Waals surface area contributed by atoms with Crippen LogP contribution in [-0.4, -0.2) is 141 Å². The first kappa shape index (κ1) is 43.4. The Balaban J connectivity index is 0.000000189. The molecular formula is C39H48Cl2N14O6. The number of hydrogen-bond acceptors (Lipinski definition) is 13. The van der Waals surface area contributed by atoms with E-state index in [1.165, 1.54) is 26.9 Å². The fourth-order valence-corrected chi connectivity index (χ4v) is 8.05. The van der Waals surface area contributed by atoms with Gasteiger partial charge in [-0.2, -0.15) is 0 Å². The summed E-state index contributed by atoms with van der Waals surface area (Å²) in [7, 11) is 0. The van der Waals surface area contributed by atoms with Gasteiger partial charge in [-0.05, 0) is 134 Å². The van der Waals surface area contributed by atoms with Gasteiger partial charge < -0.3 is 30.5 Å². The molecule has 22 heteroatoms. The lowest BCUT2D eigenvalue weighted by Crippen LogP contribution is -2.61. The van der Waals surface area contributed by atoms with E-state index >= 15 is 0 Å². The van der Waals surface area contributed by atoms with Crippen LogP contribution in [0.2, 0.25) is 10.0 Å². The maximum Gasteiger partial charge on any atom is 0.410 e. The molecule has 3 N–H and O–H groups in total. The van der Waals surface area contributed by atoms with Gasteiger partial charge in [-0.1, -0.05) is 23.2 Å². The SMILES string of the molecule is CC(C)(C)OC(=O)N1CCC1C(=O)N1CCC[C@H]1C(=O)NCc1cc(Cl)ccc1-n1cnnn1.O=C(NCc1cc(Cl)ccc1-n1cnnn1)[C@@H]1CCCN1C(=O)C1CCN1. The molecule has 0 saturated carbocycles. The van der Waals surface area contributed by atoms with Crippen molar-refractivity contribution < 1.29 is 28.7 Å². The average Bonchev–Trinajstić information content (AvgIpc) is 4.02. The molecule has 4 aliphatic heterocycles. The van der Waals surface area contributed by atoms with Crippen LogP contribution < -0.4 is 16.0 Å².